The van der Waals surface area contributed by atoms with Gasteiger partial charge in [0.15, 0.2) is 10.6 Å². The lowest BCUT2D eigenvalue weighted by atomic mass is 10.0. The summed E-state index contributed by atoms with van der Waals surface area (Å²) in [7, 11) is 1.64. The number of carbonyl (C=O) groups is 1. The minimum absolute atomic E-state index is 0.0158. The van der Waals surface area contributed by atoms with Crippen molar-refractivity contribution in [3.05, 3.63) is 52.1 Å². The largest absolute Gasteiger partial charge is 0.497 e. The highest BCUT2D eigenvalue weighted by Gasteiger charge is 2.15. The first-order valence-electron chi connectivity index (χ1n) is 8.74. The zero-order valence-corrected chi connectivity index (χ0v) is 16.9. The number of hydrogen-bond donors (Lipinski definition) is 2. The second-order valence-electron chi connectivity index (χ2n) is 6.03. The number of methoxy groups -OCH3 is 1. The topological polar surface area (TPSA) is 71.9 Å². The fourth-order valence-corrected chi connectivity index (χ4v) is 3.80. The minimum Gasteiger partial charge on any atom is -0.497 e. The summed E-state index contributed by atoms with van der Waals surface area (Å²) < 4.78 is 7.58. The average molecular weight is 403 g/mol. The monoisotopic (exact) mass is 402 g/mol. The number of ether oxygens (including phenoxy) is 1. The van der Waals surface area contributed by atoms with Crippen LogP contribution in [-0.4, -0.2) is 27.8 Å². The molecule has 27 heavy (non-hydrogen) atoms. The van der Waals surface area contributed by atoms with Gasteiger partial charge in [0.1, 0.15) is 5.75 Å². The Hall–Kier alpha value is -2.45. The van der Waals surface area contributed by atoms with Gasteiger partial charge in [0, 0.05) is 13.0 Å². The molecule has 2 heterocycles. The molecular formula is C19H22N4O2S2. The number of thiophene rings is 1. The summed E-state index contributed by atoms with van der Waals surface area (Å²) >= 11 is 6.91. The number of nitrogens with zero attached hydrogens (tertiary/aromatic N) is 2. The second-order valence-corrected chi connectivity index (χ2v) is 7.37. The highest BCUT2D eigenvalue weighted by molar-refractivity contribution is 7.71. The van der Waals surface area contributed by atoms with Crippen LogP contribution in [0, 0.1) is 4.77 Å². The van der Waals surface area contributed by atoms with Crippen molar-refractivity contribution in [1.82, 2.24) is 20.1 Å². The van der Waals surface area contributed by atoms with E-state index in [2.05, 4.69) is 22.4 Å². The molecule has 2 N–H and O–H groups in total. The molecule has 0 aliphatic carbocycles. The number of H-pyrrole nitrogens is 1. The Balaban J connectivity index is 1.64. The third-order valence-electron chi connectivity index (χ3n) is 4.32. The number of hydrogen-bond acceptors (Lipinski definition) is 5. The SMILES string of the molecule is CC[C@@H](NC(=O)CCn1c(-c2cccs2)n[nH]c1=S)c1ccc(OC)cc1. The van der Waals surface area contributed by atoms with Crippen molar-refractivity contribution in [2.24, 2.45) is 0 Å². The van der Waals surface area contributed by atoms with Gasteiger partial charge in [0.05, 0.1) is 18.0 Å². The fraction of sp³-hybridized carbons (Fsp3) is 0.316. The molecule has 1 atom stereocenters. The van der Waals surface area contributed by atoms with Crippen molar-refractivity contribution in [3.8, 4) is 16.5 Å². The Bertz CT molecular complexity index is 930. The summed E-state index contributed by atoms with van der Waals surface area (Å²) in [6.45, 7) is 2.53. The molecule has 0 fully saturated rings. The molecule has 0 spiro atoms. The highest BCUT2D eigenvalue weighted by Crippen LogP contribution is 2.23. The van der Waals surface area contributed by atoms with E-state index in [1.807, 2.05) is 46.3 Å². The number of aromatic amines is 1. The third kappa shape index (κ3) is 4.64. The van der Waals surface area contributed by atoms with Crippen LogP contribution in [0.15, 0.2) is 41.8 Å². The second kappa shape index (κ2) is 8.96. The van der Waals surface area contributed by atoms with Crippen molar-refractivity contribution >= 4 is 29.5 Å². The molecule has 0 aliphatic rings. The number of benzene rings is 1. The van der Waals surface area contributed by atoms with Crippen molar-refractivity contribution in [2.45, 2.75) is 32.4 Å². The van der Waals surface area contributed by atoms with Crippen LogP contribution in [0.3, 0.4) is 0 Å². The smallest absolute Gasteiger partial charge is 0.222 e. The number of amides is 1. The van der Waals surface area contributed by atoms with Crippen LogP contribution in [-0.2, 0) is 11.3 Å². The molecule has 3 aromatic rings. The van der Waals surface area contributed by atoms with E-state index in [0.717, 1.165) is 28.4 Å². The molecule has 6 nitrogen and oxygen atoms in total. The summed E-state index contributed by atoms with van der Waals surface area (Å²) in [5, 5.41) is 12.2. The molecule has 3 rings (SSSR count). The number of nitrogens with one attached hydrogen (secondary N) is 2. The maximum Gasteiger partial charge on any atom is 0.222 e. The van der Waals surface area contributed by atoms with Gasteiger partial charge in [0.25, 0.3) is 0 Å². The first-order valence-corrected chi connectivity index (χ1v) is 10.0. The molecule has 0 saturated carbocycles. The molecule has 1 amide bonds. The molecule has 8 heteroatoms. The molecule has 0 saturated heterocycles. The van der Waals surface area contributed by atoms with Gasteiger partial charge in [0.2, 0.25) is 5.91 Å². The Morgan fingerprint density at radius 1 is 1.37 bits per heavy atom. The van der Waals surface area contributed by atoms with E-state index < -0.39 is 0 Å². The van der Waals surface area contributed by atoms with Crippen LogP contribution in [0.5, 0.6) is 5.75 Å². The lowest BCUT2D eigenvalue weighted by molar-refractivity contribution is -0.122. The Morgan fingerprint density at radius 2 is 2.15 bits per heavy atom. The zero-order chi connectivity index (χ0) is 19.2. The molecule has 0 aliphatic heterocycles. The molecule has 0 unspecified atom stereocenters. The maximum absolute atomic E-state index is 12.5. The van der Waals surface area contributed by atoms with Crippen molar-refractivity contribution in [1.29, 1.82) is 0 Å². The Labute approximate surface area is 167 Å². The lowest BCUT2D eigenvalue weighted by Gasteiger charge is -2.18. The van der Waals surface area contributed by atoms with E-state index in [1.165, 1.54) is 0 Å². The van der Waals surface area contributed by atoms with E-state index in [-0.39, 0.29) is 11.9 Å². The van der Waals surface area contributed by atoms with Gasteiger partial charge in [-0.3, -0.25) is 14.5 Å². The standard InChI is InChI=1S/C19H22N4O2S2/c1-3-15(13-6-8-14(25-2)9-7-13)20-17(24)10-11-23-18(21-22-19(23)26)16-5-4-12-27-16/h4-9,12,15H,3,10-11H2,1-2H3,(H,20,24)(H,22,26)/t15-/m1/s1. The third-order valence-corrected chi connectivity index (χ3v) is 5.50. The maximum atomic E-state index is 12.5. The number of carbonyl (C=O) groups excluding carboxylic acids is 1. The summed E-state index contributed by atoms with van der Waals surface area (Å²) in [4.78, 5) is 13.5. The van der Waals surface area contributed by atoms with E-state index >= 15 is 0 Å². The number of aromatic nitrogens is 3. The van der Waals surface area contributed by atoms with Gasteiger partial charge in [-0.25, -0.2) is 0 Å². The van der Waals surface area contributed by atoms with Gasteiger partial charge in [-0.1, -0.05) is 25.1 Å². The van der Waals surface area contributed by atoms with Gasteiger partial charge >= 0.3 is 0 Å². The van der Waals surface area contributed by atoms with Crippen LogP contribution < -0.4 is 10.1 Å². The Kier molecular flexibility index (Phi) is 6.41. The van der Waals surface area contributed by atoms with Gasteiger partial charge in [-0.15, -0.1) is 11.3 Å². The molecule has 0 radical (unpaired) electrons. The van der Waals surface area contributed by atoms with Crippen LogP contribution >= 0.6 is 23.6 Å². The summed E-state index contributed by atoms with van der Waals surface area (Å²) in [6, 6.07) is 11.7. The van der Waals surface area contributed by atoms with Gasteiger partial charge in [-0.05, 0) is 47.8 Å². The van der Waals surface area contributed by atoms with E-state index in [0.29, 0.717) is 17.7 Å². The summed E-state index contributed by atoms with van der Waals surface area (Å²) in [6.07, 6.45) is 1.14. The zero-order valence-electron chi connectivity index (χ0n) is 15.3. The normalized spacial score (nSPS) is 11.9. The highest BCUT2D eigenvalue weighted by atomic mass is 32.1. The Morgan fingerprint density at radius 3 is 2.78 bits per heavy atom. The van der Waals surface area contributed by atoms with Gasteiger partial charge in [-0.2, -0.15) is 5.10 Å². The molecule has 2 aromatic heterocycles. The summed E-state index contributed by atoms with van der Waals surface area (Å²) in [5.41, 5.74) is 1.06. The fourth-order valence-electron chi connectivity index (χ4n) is 2.86. The van der Waals surface area contributed by atoms with Crippen molar-refractivity contribution in [2.75, 3.05) is 7.11 Å². The van der Waals surface area contributed by atoms with E-state index in [1.54, 1.807) is 18.4 Å². The van der Waals surface area contributed by atoms with Crippen LogP contribution in [0.25, 0.3) is 10.7 Å². The van der Waals surface area contributed by atoms with Gasteiger partial charge < -0.3 is 10.1 Å². The summed E-state index contributed by atoms with van der Waals surface area (Å²) in [5.74, 6) is 1.55. The molecule has 1 aromatic carbocycles. The first kappa shape index (κ1) is 19.3. The predicted molar refractivity (Wildman–Crippen MR) is 110 cm³/mol. The molecule has 142 valence electrons. The molecule has 0 bridgehead atoms. The average Bonchev–Trinajstić information content (AvgIpc) is 3.34. The molecular weight excluding hydrogens is 380 g/mol. The van der Waals surface area contributed by atoms with Crippen molar-refractivity contribution in [3.63, 3.8) is 0 Å². The number of rotatable bonds is 8. The first-order chi connectivity index (χ1) is 13.1. The van der Waals surface area contributed by atoms with E-state index in [9.17, 15) is 4.79 Å². The van der Waals surface area contributed by atoms with Crippen LogP contribution in [0.1, 0.15) is 31.4 Å². The van der Waals surface area contributed by atoms with Crippen LogP contribution in [0.2, 0.25) is 0 Å². The minimum atomic E-state index is -0.0301. The van der Waals surface area contributed by atoms with E-state index in [4.69, 9.17) is 17.0 Å². The lowest BCUT2D eigenvalue weighted by Crippen LogP contribution is -2.29. The quantitative estimate of drug-likeness (QED) is 0.550. The van der Waals surface area contributed by atoms with Crippen molar-refractivity contribution < 1.29 is 9.53 Å². The predicted octanol–water partition coefficient (Wildman–Crippen LogP) is 4.34. The van der Waals surface area contributed by atoms with Crippen LogP contribution in [0.4, 0.5) is 0 Å².